The molecule has 3 atom stereocenters. The van der Waals surface area contributed by atoms with Crippen LogP contribution in [0.3, 0.4) is 0 Å². The molecule has 0 aromatic heterocycles. The van der Waals surface area contributed by atoms with E-state index in [1.54, 1.807) is 11.0 Å². The molecule has 1 saturated heterocycles. The monoisotopic (exact) mass is 375 g/mol. The molecule has 24 heavy (non-hydrogen) atoms. The smallest absolute Gasteiger partial charge is 0.242 e. The zero-order valence-corrected chi connectivity index (χ0v) is 15.0. The number of amides is 1. The third-order valence-electron chi connectivity index (χ3n) is 4.59. The molecule has 0 bridgehead atoms. The Hall–Kier alpha value is -1.05. The Morgan fingerprint density at radius 3 is 2.33 bits per heavy atom. The largest absolute Gasteiger partial charge is 0.508 e. The first-order valence-electron chi connectivity index (χ1n) is 7.88. The van der Waals surface area contributed by atoms with E-state index in [0.29, 0.717) is 36.5 Å². The fourth-order valence-corrected chi connectivity index (χ4v) is 3.30. The second-order valence-corrected chi connectivity index (χ2v) is 7.09. The fraction of sp³-hybridized carbons (Fsp3) is 0.562. The highest BCUT2D eigenvalue weighted by Crippen LogP contribution is 2.37. The molecule has 0 spiro atoms. The van der Waals surface area contributed by atoms with Crippen molar-refractivity contribution >= 4 is 29.1 Å². The zero-order valence-electron chi connectivity index (χ0n) is 13.5. The van der Waals surface area contributed by atoms with E-state index in [0.717, 1.165) is 0 Å². The lowest BCUT2D eigenvalue weighted by Gasteiger charge is -2.36. The number of phenolic OH excluding ortho intramolecular Hbond substituents is 1. The lowest BCUT2D eigenvalue weighted by molar-refractivity contribution is -0.136. The Morgan fingerprint density at radius 1 is 1.25 bits per heavy atom. The minimum atomic E-state index is -0.908. The second kappa shape index (κ2) is 7.89. The molecule has 1 heterocycles. The quantitative estimate of drug-likeness (QED) is 0.638. The highest BCUT2D eigenvalue weighted by Gasteiger charge is 2.31. The van der Waals surface area contributed by atoms with Gasteiger partial charge in [-0.3, -0.25) is 4.79 Å². The van der Waals surface area contributed by atoms with E-state index in [1.165, 1.54) is 13.0 Å². The van der Waals surface area contributed by atoms with E-state index < -0.39 is 18.2 Å². The molecule has 134 valence electrons. The Balaban J connectivity index is 2.02. The molecular weight excluding hydrogens is 353 g/mol. The van der Waals surface area contributed by atoms with Crippen molar-refractivity contribution in [3.63, 3.8) is 0 Å². The van der Waals surface area contributed by atoms with Gasteiger partial charge < -0.3 is 26.6 Å². The van der Waals surface area contributed by atoms with Crippen LogP contribution in [0.5, 0.6) is 5.75 Å². The highest BCUT2D eigenvalue weighted by molar-refractivity contribution is 6.42. The van der Waals surface area contributed by atoms with Crippen LogP contribution < -0.4 is 11.5 Å². The fourth-order valence-electron chi connectivity index (χ4n) is 2.97. The van der Waals surface area contributed by atoms with Crippen molar-refractivity contribution in [2.24, 2.45) is 17.4 Å². The summed E-state index contributed by atoms with van der Waals surface area (Å²) in [4.78, 5) is 13.8. The van der Waals surface area contributed by atoms with Gasteiger partial charge in [0.25, 0.3) is 0 Å². The third-order valence-corrected chi connectivity index (χ3v) is 5.31. The van der Waals surface area contributed by atoms with Crippen molar-refractivity contribution in [3.8, 4) is 5.75 Å². The van der Waals surface area contributed by atoms with Crippen molar-refractivity contribution in [2.75, 3.05) is 13.1 Å². The zero-order chi connectivity index (χ0) is 18.0. The molecule has 0 unspecified atom stereocenters. The standard InChI is InChI=1S/C16H23Cl2N3O3/c1-8(22)14(19)16(24)21-4-2-9(3-5-21)15(20)10-6-11(17)12(18)7-13(10)23/h6-9,14-15,22-23H,2-5,19-20H2,1H3/t8-,14-,15-/m1/s1. The van der Waals surface area contributed by atoms with Gasteiger partial charge in [0.05, 0.1) is 16.1 Å². The predicted octanol–water partition coefficient (Wildman–Crippen LogP) is 1.65. The number of aliphatic hydroxyl groups is 1. The summed E-state index contributed by atoms with van der Waals surface area (Å²) < 4.78 is 0. The summed E-state index contributed by atoms with van der Waals surface area (Å²) in [5.41, 5.74) is 12.5. The molecule has 6 nitrogen and oxygen atoms in total. The first kappa shape index (κ1) is 19.3. The van der Waals surface area contributed by atoms with E-state index in [9.17, 15) is 15.0 Å². The van der Waals surface area contributed by atoms with E-state index in [4.69, 9.17) is 34.7 Å². The molecule has 0 saturated carbocycles. The van der Waals surface area contributed by atoms with Crippen LogP contribution in [0.2, 0.25) is 10.0 Å². The highest BCUT2D eigenvalue weighted by atomic mass is 35.5. The molecule has 1 aliphatic rings. The van der Waals surface area contributed by atoms with E-state index in [-0.39, 0.29) is 22.6 Å². The van der Waals surface area contributed by atoms with Crippen LogP contribution in [0, 0.1) is 5.92 Å². The van der Waals surface area contributed by atoms with E-state index >= 15 is 0 Å². The first-order valence-corrected chi connectivity index (χ1v) is 8.64. The number of piperidine rings is 1. The average molecular weight is 376 g/mol. The molecule has 1 aromatic rings. The van der Waals surface area contributed by atoms with Gasteiger partial charge in [0.2, 0.25) is 5.91 Å². The number of nitrogens with zero attached hydrogens (tertiary/aromatic N) is 1. The summed E-state index contributed by atoms with van der Waals surface area (Å²) in [6, 6.07) is 1.67. The van der Waals surface area contributed by atoms with Crippen LogP contribution in [-0.4, -0.2) is 46.3 Å². The maximum absolute atomic E-state index is 12.2. The van der Waals surface area contributed by atoms with Crippen LogP contribution in [-0.2, 0) is 4.79 Å². The van der Waals surface area contributed by atoms with Crippen molar-refractivity contribution < 1.29 is 15.0 Å². The number of carbonyl (C=O) groups excluding carboxylic acids is 1. The Bertz CT molecular complexity index is 604. The Labute approximate surface area is 151 Å². The molecule has 1 fully saturated rings. The summed E-state index contributed by atoms with van der Waals surface area (Å²) in [5.74, 6) is -0.138. The van der Waals surface area contributed by atoms with Crippen molar-refractivity contribution in [1.82, 2.24) is 4.90 Å². The van der Waals surface area contributed by atoms with Gasteiger partial charge in [-0.05, 0) is 31.7 Å². The SMILES string of the molecule is C[C@@H](O)[C@@H](N)C(=O)N1CCC([C@@H](N)c2cc(Cl)c(Cl)cc2O)CC1. The third kappa shape index (κ3) is 4.13. The van der Waals surface area contributed by atoms with Crippen LogP contribution in [0.4, 0.5) is 0 Å². The van der Waals surface area contributed by atoms with Gasteiger partial charge in [-0.15, -0.1) is 0 Å². The number of carbonyl (C=O) groups is 1. The summed E-state index contributed by atoms with van der Waals surface area (Å²) in [5, 5.41) is 20.1. The number of phenols is 1. The molecule has 2 rings (SSSR count). The van der Waals surface area contributed by atoms with Crippen LogP contribution in [0.25, 0.3) is 0 Å². The topological polar surface area (TPSA) is 113 Å². The summed E-state index contributed by atoms with van der Waals surface area (Å²) in [6.07, 6.45) is 0.476. The van der Waals surface area contributed by atoms with Gasteiger partial charge in [-0.2, -0.15) is 0 Å². The number of likely N-dealkylation sites (tertiary alicyclic amines) is 1. The molecule has 0 aliphatic carbocycles. The number of aromatic hydroxyl groups is 1. The van der Waals surface area contributed by atoms with Gasteiger partial charge in [-0.25, -0.2) is 0 Å². The van der Waals surface area contributed by atoms with Gasteiger partial charge in [0.15, 0.2) is 0 Å². The van der Waals surface area contributed by atoms with Crippen LogP contribution in [0.15, 0.2) is 12.1 Å². The molecule has 1 aliphatic heterocycles. The average Bonchev–Trinajstić information content (AvgIpc) is 2.56. The van der Waals surface area contributed by atoms with Crippen molar-refractivity contribution in [3.05, 3.63) is 27.7 Å². The van der Waals surface area contributed by atoms with Gasteiger partial charge in [0.1, 0.15) is 11.8 Å². The normalized spacial score (nSPS) is 19.8. The van der Waals surface area contributed by atoms with Gasteiger partial charge in [-0.1, -0.05) is 23.2 Å². The van der Waals surface area contributed by atoms with Gasteiger partial charge in [0, 0.05) is 30.8 Å². The number of aliphatic hydroxyl groups excluding tert-OH is 1. The number of hydrogen-bond donors (Lipinski definition) is 4. The number of rotatable bonds is 4. The van der Waals surface area contributed by atoms with Crippen LogP contribution >= 0.6 is 23.2 Å². The van der Waals surface area contributed by atoms with Crippen molar-refractivity contribution in [1.29, 1.82) is 0 Å². The Morgan fingerprint density at radius 2 is 1.79 bits per heavy atom. The first-order chi connectivity index (χ1) is 11.2. The lowest BCUT2D eigenvalue weighted by Crippen LogP contribution is -2.51. The second-order valence-electron chi connectivity index (χ2n) is 6.28. The maximum atomic E-state index is 12.2. The van der Waals surface area contributed by atoms with Crippen LogP contribution in [0.1, 0.15) is 31.4 Å². The predicted molar refractivity (Wildman–Crippen MR) is 94.0 cm³/mol. The Kier molecular flexibility index (Phi) is 6.33. The molecule has 0 radical (unpaired) electrons. The molecular formula is C16H23Cl2N3O3. The summed E-state index contributed by atoms with van der Waals surface area (Å²) in [7, 11) is 0. The minimum absolute atomic E-state index is 0.0199. The maximum Gasteiger partial charge on any atom is 0.242 e. The number of benzene rings is 1. The molecule has 6 N–H and O–H groups in total. The van der Waals surface area contributed by atoms with E-state index in [1.807, 2.05) is 0 Å². The number of hydrogen-bond acceptors (Lipinski definition) is 5. The summed E-state index contributed by atoms with van der Waals surface area (Å²) >= 11 is 11.9. The lowest BCUT2D eigenvalue weighted by atomic mass is 9.85. The van der Waals surface area contributed by atoms with E-state index in [2.05, 4.69) is 0 Å². The number of nitrogens with two attached hydrogens (primary N) is 2. The molecule has 8 heteroatoms. The molecule has 1 aromatic carbocycles. The minimum Gasteiger partial charge on any atom is -0.508 e. The summed E-state index contributed by atoms with van der Waals surface area (Å²) in [6.45, 7) is 2.53. The van der Waals surface area contributed by atoms with Crippen molar-refractivity contribution in [2.45, 2.75) is 38.0 Å². The number of halogens is 2. The molecule has 1 amide bonds. The van der Waals surface area contributed by atoms with Gasteiger partial charge >= 0.3 is 0 Å².